The molecule has 6 heavy (non-hydrogen) atoms. The third kappa shape index (κ3) is 3.96. The minimum atomic E-state index is 1.01. The first-order valence-electron chi connectivity index (χ1n) is 2.18. The summed E-state index contributed by atoms with van der Waals surface area (Å²) in [6.45, 7) is 5.11. The molecule has 36 valence electrons. The van der Waals surface area contributed by atoms with Gasteiger partial charge in [-0.1, -0.05) is 6.92 Å². The van der Waals surface area contributed by atoms with E-state index in [9.17, 15) is 0 Å². The van der Waals surface area contributed by atoms with Crippen LogP contribution < -0.4 is 0 Å². The van der Waals surface area contributed by atoms with Crippen LogP contribution in [0.2, 0.25) is 0 Å². The molecule has 0 aliphatic heterocycles. The molecule has 0 rings (SSSR count). The smallest absolute Gasteiger partial charge is 0.0607 e. The monoisotopic (exact) mass is 85.1 g/mol. The van der Waals surface area contributed by atoms with Crippen LogP contribution in [0.15, 0.2) is 0 Å². The van der Waals surface area contributed by atoms with Crippen molar-refractivity contribution in [3.8, 4) is 0 Å². The van der Waals surface area contributed by atoms with Crippen LogP contribution in [0, 0.1) is 6.54 Å². The van der Waals surface area contributed by atoms with Crippen molar-refractivity contribution in [2.75, 3.05) is 14.1 Å². The van der Waals surface area contributed by atoms with Crippen LogP contribution in [0.3, 0.4) is 0 Å². The van der Waals surface area contributed by atoms with Crippen molar-refractivity contribution in [3.63, 3.8) is 0 Å². The van der Waals surface area contributed by atoms with Gasteiger partial charge in [0.05, 0.1) is 6.54 Å². The summed E-state index contributed by atoms with van der Waals surface area (Å²) < 4.78 is 0. The second-order valence-corrected chi connectivity index (χ2v) is 1.41. The second-order valence-electron chi connectivity index (χ2n) is 1.41. The van der Waals surface area contributed by atoms with Crippen LogP contribution in [0.25, 0.3) is 0 Å². The zero-order chi connectivity index (χ0) is 4.99. The molecule has 0 aromatic rings. The summed E-state index contributed by atoms with van der Waals surface area (Å²) in [7, 11) is 3.95. The van der Waals surface area contributed by atoms with Crippen LogP contribution >= 0.6 is 0 Å². The molecule has 0 amide bonds. The van der Waals surface area contributed by atoms with Crippen molar-refractivity contribution in [2.45, 2.75) is 13.3 Å². The molecule has 0 saturated heterocycles. The van der Waals surface area contributed by atoms with E-state index in [4.69, 9.17) is 0 Å². The number of hydrogen-bond acceptors (Lipinski definition) is 1. The fourth-order valence-electron chi connectivity index (χ4n) is 0.316. The highest BCUT2D eigenvalue weighted by Crippen LogP contribution is 1.84. The van der Waals surface area contributed by atoms with Gasteiger partial charge in [-0.15, -0.1) is 0 Å². The quantitative estimate of drug-likeness (QED) is 0.452. The van der Waals surface area contributed by atoms with E-state index in [1.165, 1.54) is 0 Å². The highest BCUT2D eigenvalue weighted by Gasteiger charge is 1.81. The van der Waals surface area contributed by atoms with Gasteiger partial charge in [-0.25, -0.2) is 0 Å². The van der Waals surface area contributed by atoms with E-state index in [0.29, 0.717) is 0 Å². The summed E-state index contributed by atoms with van der Waals surface area (Å²) in [4.78, 5) is 1.93. The molecular formula is C5H11N. The zero-order valence-electron chi connectivity index (χ0n) is 4.65. The molecule has 0 spiro atoms. The van der Waals surface area contributed by atoms with Crippen LogP contribution in [-0.4, -0.2) is 19.0 Å². The van der Waals surface area contributed by atoms with Gasteiger partial charge in [-0.3, -0.25) is 0 Å². The molecule has 2 radical (unpaired) electrons. The Hall–Kier alpha value is -0.0400. The van der Waals surface area contributed by atoms with Gasteiger partial charge in [0.2, 0.25) is 0 Å². The summed E-state index contributed by atoms with van der Waals surface area (Å²) in [5, 5.41) is 0. The highest BCUT2D eigenvalue weighted by atomic mass is 15.0. The molecule has 0 N–H and O–H groups in total. The minimum absolute atomic E-state index is 1.01. The van der Waals surface area contributed by atoms with E-state index in [1.54, 1.807) is 0 Å². The molecule has 0 heterocycles. The van der Waals surface area contributed by atoms with E-state index in [0.717, 1.165) is 6.42 Å². The third-order valence-corrected chi connectivity index (χ3v) is 0.474. The van der Waals surface area contributed by atoms with Crippen LogP contribution in [0.4, 0.5) is 0 Å². The SMILES string of the molecule is CC[C]N(C)C. The number of nitrogens with zero attached hydrogens (tertiary/aromatic N) is 1. The Morgan fingerprint density at radius 1 is 1.50 bits per heavy atom. The molecule has 0 unspecified atom stereocenters. The average Bonchev–Trinajstić information content (AvgIpc) is 1.35. The summed E-state index contributed by atoms with van der Waals surface area (Å²) >= 11 is 0. The molecule has 0 aliphatic carbocycles. The van der Waals surface area contributed by atoms with Gasteiger partial charge in [0.25, 0.3) is 0 Å². The van der Waals surface area contributed by atoms with E-state index in [2.05, 4.69) is 13.5 Å². The molecular weight excluding hydrogens is 74.1 g/mol. The Bertz CT molecular complexity index is 25.1. The summed E-state index contributed by atoms with van der Waals surface area (Å²) in [6, 6.07) is 0. The normalized spacial score (nSPS) is 10.0. The predicted molar refractivity (Wildman–Crippen MR) is 27.2 cm³/mol. The summed E-state index contributed by atoms with van der Waals surface area (Å²) in [5.74, 6) is 0. The first kappa shape index (κ1) is 5.96. The van der Waals surface area contributed by atoms with E-state index in [-0.39, 0.29) is 0 Å². The predicted octanol–water partition coefficient (Wildman–Crippen LogP) is 0.997. The fraction of sp³-hybridized carbons (Fsp3) is 0.800. The van der Waals surface area contributed by atoms with E-state index >= 15 is 0 Å². The standard InChI is InChI=1S/C5H11N/c1-4-5-6(2)3/h4H2,1-3H3. The number of hydrogen-bond donors (Lipinski definition) is 0. The first-order chi connectivity index (χ1) is 2.77. The molecule has 0 fully saturated rings. The van der Waals surface area contributed by atoms with Crippen molar-refractivity contribution in [1.82, 2.24) is 4.90 Å². The Balaban J connectivity index is 2.63. The molecule has 0 saturated carbocycles. The highest BCUT2D eigenvalue weighted by molar-refractivity contribution is 4.53. The maximum atomic E-state index is 3.04. The van der Waals surface area contributed by atoms with Gasteiger partial charge < -0.3 is 4.90 Å². The van der Waals surface area contributed by atoms with Gasteiger partial charge in [-0.2, -0.15) is 0 Å². The number of rotatable bonds is 2. The van der Waals surface area contributed by atoms with Crippen molar-refractivity contribution < 1.29 is 0 Å². The first-order valence-corrected chi connectivity index (χ1v) is 2.18. The lowest BCUT2D eigenvalue weighted by Gasteiger charge is -2.01. The Kier molecular flexibility index (Phi) is 3.14. The molecule has 1 heteroatoms. The Morgan fingerprint density at radius 2 is 2.00 bits per heavy atom. The summed E-state index contributed by atoms with van der Waals surface area (Å²) in [5.41, 5.74) is 0. The lowest BCUT2D eigenvalue weighted by atomic mass is 10.5. The molecule has 1 nitrogen and oxygen atoms in total. The van der Waals surface area contributed by atoms with Gasteiger partial charge in [-0.05, 0) is 20.5 Å². The Morgan fingerprint density at radius 3 is 2.00 bits per heavy atom. The van der Waals surface area contributed by atoms with Crippen molar-refractivity contribution in [2.24, 2.45) is 0 Å². The molecule has 0 aromatic carbocycles. The lowest BCUT2D eigenvalue weighted by Crippen LogP contribution is -2.05. The van der Waals surface area contributed by atoms with Crippen LogP contribution in [-0.2, 0) is 0 Å². The van der Waals surface area contributed by atoms with Gasteiger partial charge in [0, 0.05) is 0 Å². The van der Waals surface area contributed by atoms with Gasteiger partial charge in [0.15, 0.2) is 0 Å². The van der Waals surface area contributed by atoms with Crippen molar-refractivity contribution in [1.29, 1.82) is 0 Å². The zero-order valence-corrected chi connectivity index (χ0v) is 4.65. The fourth-order valence-corrected chi connectivity index (χ4v) is 0.316. The maximum absolute atomic E-state index is 3.04. The van der Waals surface area contributed by atoms with E-state index < -0.39 is 0 Å². The Labute approximate surface area is 40.0 Å². The maximum Gasteiger partial charge on any atom is 0.0607 e. The topological polar surface area (TPSA) is 3.24 Å². The van der Waals surface area contributed by atoms with Crippen molar-refractivity contribution in [3.05, 3.63) is 6.54 Å². The molecule has 0 aliphatic rings. The average molecular weight is 85.1 g/mol. The summed E-state index contributed by atoms with van der Waals surface area (Å²) in [6.07, 6.45) is 1.01. The largest absolute Gasteiger partial charge is 0.300 e. The van der Waals surface area contributed by atoms with Crippen LogP contribution in [0.1, 0.15) is 13.3 Å². The minimum Gasteiger partial charge on any atom is -0.300 e. The van der Waals surface area contributed by atoms with Crippen molar-refractivity contribution >= 4 is 0 Å². The van der Waals surface area contributed by atoms with E-state index in [1.807, 2.05) is 19.0 Å². The molecule has 0 aromatic heterocycles. The molecule has 0 atom stereocenters. The van der Waals surface area contributed by atoms with Gasteiger partial charge in [0.1, 0.15) is 0 Å². The third-order valence-electron chi connectivity index (χ3n) is 0.474. The lowest BCUT2D eigenvalue weighted by molar-refractivity contribution is 0.484. The molecule has 0 bridgehead atoms. The van der Waals surface area contributed by atoms with Crippen LogP contribution in [0.5, 0.6) is 0 Å². The second kappa shape index (κ2) is 3.16. The van der Waals surface area contributed by atoms with Gasteiger partial charge >= 0.3 is 0 Å².